The summed E-state index contributed by atoms with van der Waals surface area (Å²) in [5.41, 5.74) is -8.47. The lowest BCUT2D eigenvalue weighted by molar-refractivity contribution is -0.250. The van der Waals surface area contributed by atoms with E-state index in [9.17, 15) is 31.9 Å². The topological polar surface area (TPSA) is 96.7 Å². The van der Waals surface area contributed by atoms with Gasteiger partial charge in [0.25, 0.3) is 12.0 Å². The van der Waals surface area contributed by atoms with Gasteiger partial charge in [0.1, 0.15) is 11.2 Å². The van der Waals surface area contributed by atoms with Crippen LogP contribution in [-0.2, 0) is 12.6 Å². The van der Waals surface area contributed by atoms with Crippen molar-refractivity contribution in [2.75, 3.05) is 0 Å². The lowest BCUT2D eigenvalue weighted by Crippen LogP contribution is -2.45. The number of aromatic nitrogens is 4. The number of hydrogen-bond acceptors (Lipinski definition) is 5. The Balaban J connectivity index is 2.01. The van der Waals surface area contributed by atoms with Gasteiger partial charge < -0.3 is 5.11 Å². The number of rotatable bonds is 4. The minimum atomic E-state index is -5.36. The van der Waals surface area contributed by atoms with E-state index in [0.717, 1.165) is 26.2 Å². The summed E-state index contributed by atoms with van der Waals surface area (Å²) < 4.78 is 70.8. The van der Waals surface area contributed by atoms with Gasteiger partial charge in [-0.2, -0.15) is 23.5 Å². The Morgan fingerprint density at radius 3 is 2.48 bits per heavy atom. The number of hydrogen-bond donors (Lipinski definition) is 1. The summed E-state index contributed by atoms with van der Waals surface area (Å²) in [5, 5.41) is 23.9. The number of halogens is 5. The second-order valence-electron chi connectivity index (χ2n) is 7.28. The van der Waals surface area contributed by atoms with Crippen LogP contribution in [0.5, 0.6) is 0 Å². The molecule has 1 aromatic carbocycles. The molecule has 162 valence electrons. The smallest absolute Gasteiger partial charge is 0.371 e. The van der Waals surface area contributed by atoms with Crippen molar-refractivity contribution in [3.05, 3.63) is 57.3 Å². The van der Waals surface area contributed by atoms with Gasteiger partial charge in [0.05, 0.1) is 18.0 Å². The van der Waals surface area contributed by atoms with Crippen molar-refractivity contribution in [3.8, 4) is 6.07 Å². The fourth-order valence-corrected chi connectivity index (χ4v) is 3.60. The summed E-state index contributed by atoms with van der Waals surface area (Å²) in [6.07, 6.45) is -5.90. The predicted octanol–water partition coefficient (Wildman–Crippen LogP) is 3.07. The fourth-order valence-electron chi connectivity index (χ4n) is 3.60. The zero-order chi connectivity index (χ0) is 22.7. The minimum absolute atomic E-state index is 0.101. The molecule has 1 fully saturated rings. The Morgan fingerprint density at radius 2 is 1.94 bits per heavy atom. The molecule has 0 radical (unpaired) electrons. The Hall–Kier alpha value is -3.33. The Bertz CT molecular complexity index is 1290. The SMILES string of the molecule is Cn1nc2c(=O)n(C3CC3)cnc2c1C(O)(c1ccc(C(F)F)c(C#N)c1)C(F)(F)F. The molecule has 31 heavy (non-hydrogen) atoms. The summed E-state index contributed by atoms with van der Waals surface area (Å²) in [4.78, 5) is 16.6. The highest BCUT2D eigenvalue weighted by atomic mass is 19.4. The Morgan fingerprint density at radius 1 is 1.26 bits per heavy atom. The van der Waals surface area contributed by atoms with Gasteiger partial charge >= 0.3 is 6.18 Å². The van der Waals surface area contributed by atoms with Crippen LogP contribution in [0.2, 0.25) is 0 Å². The molecule has 2 aromatic heterocycles. The summed E-state index contributed by atoms with van der Waals surface area (Å²) in [6.45, 7) is 0. The molecule has 1 aliphatic carbocycles. The molecule has 3 aromatic rings. The average molecular weight is 439 g/mol. The van der Waals surface area contributed by atoms with Crippen LogP contribution >= 0.6 is 0 Å². The zero-order valence-corrected chi connectivity index (χ0v) is 15.9. The first-order valence-electron chi connectivity index (χ1n) is 9.06. The van der Waals surface area contributed by atoms with Crippen molar-refractivity contribution < 1.29 is 27.1 Å². The standard InChI is InChI=1S/C19H14F5N5O2/c1-28-15(13-14(27-28)17(30)29(8-26-13)11-3-4-11)18(31,19(22,23)24)10-2-5-12(16(20)21)9(6-10)7-25/h2,5-6,8,11,16,31H,3-4H2,1H3. The van der Waals surface area contributed by atoms with E-state index in [-0.39, 0.29) is 11.6 Å². The number of aryl methyl sites for hydroxylation is 1. The first-order valence-corrected chi connectivity index (χ1v) is 9.06. The number of alkyl halides is 5. The van der Waals surface area contributed by atoms with Gasteiger partial charge in [0.15, 0.2) is 5.52 Å². The molecule has 4 rings (SSSR count). The average Bonchev–Trinajstić information content (AvgIpc) is 3.48. The van der Waals surface area contributed by atoms with Gasteiger partial charge in [0, 0.05) is 24.2 Å². The van der Waals surface area contributed by atoms with Gasteiger partial charge in [-0.1, -0.05) is 12.1 Å². The van der Waals surface area contributed by atoms with E-state index in [2.05, 4.69) is 10.1 Å². The number of benzene rings is 1. The Kier molecular flexibility index (Phi) is 4.62. The highest BCUT2D eigenvalue weighted by molar-refractivity contribution is 5.78. The number of aliphatic hydroxyl groups is 1. The number of fused-ring (bicyclic) bond motifs is 1. The van der Waals surface area contributed by atoms with Crippen LogP contribution in [0.15, 0.2) is 29.3 Å². The lowest BCUT2D eigenvalue weighted by Gasteiger charge is -2.31. The van der Waals surface area contributed by atoms with E-state index in [4.69, 9.17) is 5.26 Å². The minimum Gasteiger partial charge on any atom is -0.371 e. The van der Waals surface area contributed by atoms with Gasteiger partial charge in [0.2, 0.25) is 5.60 Å². The van der Waals surface area contributed by atoms with Gasteiger partial charge in [-0.05, 0) is 18.9 Å². The maximum absolute atomic E-state index is 14.2. The molecule has 1 atom stereocenters. The molecule has 0 bridgehead atoms. The summed E-state index contributed by atoms with van der Waals surface area (Å²) in [5.74, 6) is 0. The van der Waals surface area contributed by atoms with E-state index in [0.29, 0.717) is 22.9 Å². The highest BCUT2D eigenvalue weighted by Gasteiger charge is 2.59. The summed E-state index contributed by atoms with van der Waals surface area (Å²) in [7, 11) is 1.10. The highest BCUT2D eigenvalue weighted by Crippen LogP contribution is 2.46. The van der Waals surface area contributed by atoms with Gasteiger partial charge in [-0.3, -0.25) is 14.0 Å². The van der Waals surface area contributed by atoms with Crippen molar-refractivity contribution in [2.24, 2.45) is 7.05 Å². The monoisotopic (exact) mass is 439 g/mol. The maximum Gasteiger partial charge on any atom is 0.427 e. The van der Waals surface area contributed by atoms with Crippen molar-refractivity contribution in [2.45, 2.75) is 37.1 Å². The van der Waals surface area contributed by atoms with E-state index >= 15 is 0 Å². The summed E-state index contributed by atoms with van der Waals surface area (Å²) >= 11 is 0. The van der Waals surface area contributed by atoms with Crippen LogP contribution in [0.25, 0.3) is 11.0 Å². The molecular weight excluding hydrogens is 425 g/mol. The molecular formula is C19H14F5N5O2. The van der Waals surface area contributed by atoms with Crippen molar-refractivity contribution >= 4 is 11.0 Å². The molecule has 1 unspecified atom stereocenters. The molecule has 0 aliphatic heterocycles. The number of nitrogens with zero attached hydrogens (tertiary/aromatic N) is 5. The molecule has 7 nitrogen and oxygen atoms in total. The molecule has 0 saturated heterocycles. The van der Waals surface area contributed by atoms with Crippen LogP contribution in [-0.4, -0.2) is 30.6 Å². The zero-order valence-electron chi connectivity index (χ0n) is 15.9. The van der Waals surface area contributed by atoms with Crippen LogP contribution in [0.3, 0.4) is 0 Å². The van der Waals surface area contributed by atoms with Gasteiger partial charge in [-0.25, -0.2) is 13.8 Å². The fraction of sp³-hybridized carbons (Fsp3) is 0.368. The van der Waals surface area contributed by atoms with E-state index in [1.807, 2.05) is 0 Å². The molecule has 0 amide bonds. The van der Waals surface area contributed by atoms with E-state index in [1.54, 1.807) is 0 Å². The maximum atomic E-state index is 14.2. The normalized spacial score (nSPS) is 16.5. The van der Waals surface area contributed by atoms with Crippen molar-refractivity contribution in [3.63, 3.8) is 0 Å². The van der Waals surface area contributed by atoms with E-state index in [1.165, 1.54) is 10.6 Å². The van der Waals surface area contributed by atoms with Crippen molar-refractivity contribution in [1.82, 2.24) is 19.3 Å². The second-order valence-corrected chi connectivity index (χ2v) is 7.28. The van der Waals surface area contributed by atoms with Gasteiger partial charge in [-0.15, -0.1) is 0 Å². The first-order chi connectivity index (χ1) is 14.5. The molecule has 1 aliphatic rings. The number of nitriles is 1. The largest absolute Gasteiger partial charge is 0.427 e. The third kappa shape index (κ3) is 3.07. The third-order valence-corrected chi connectivity index (χ3v) is 5.29. The second kappa shape index (κ2) is 6.84. The van der Waals surface area contributed by atoms with Crippen LogP contribution < -0.4 is 5.56 Å². The predicted molar refractivity (Wildman–Crippen MR) is 96.2 cm³/mol. The molecule has 0 spiro atoms. The van der Waals surface area contributed by atoms with Crippen molar-refractivity contribution in [1.29, 1.82) is 5.26 Å². The van der Waals surface area contributed by atoms with Crippen LogP contribution in [0, 0.1) is 11.3 Å². The Labute approximate surface area is 171 Å². The molecule has 1 saturated carbocycles. The van der Waals surface area contributed by atoms with E-state index < -0.39 is 51.7 Å². The van der Waals surface area contributed by atoms with Crippen LogP contribution in [0.1, 0.15) is 47.7 Å². The van der Waals surface area contributed by atoms with Crippen LogP contribution in [0.4, 0.5) is 22.0 Å². The summed E-state index contributed by atoms with van der Waals surface area (Å²) in [6, 6.07) is 3.20. The molecule has 12 heteroatoms. The lowest BCUT2D eigenvalue weighted by atomic mass is 9.86. The first kappa shape index (κ1) is 20.9. The molecule has 1 N–H and O–H groups in total. The third-order valence-electron chi connectivity index (χ3n) is 5.29. The quantitative estimate of drug-likeness (QED) is 0.631. The molecule has 2 heterocycles.